The monoisotopic (exact) mass is 228 g/mol. The lowest BCUT2D eigenvalue weighted by Crippen LogP contribution is -2.22. The van der Waals surface area contributed by atoms with Crippen LogP contribution in [0.1, 0.15) is 28.6 Å². The van der Waals surface area contributed by atoms with Gasteiger partial charge in [-0.15, -0.1) is 0 Å². The molecule has 0 saturated carbocycles. The first kappa shape index (κ1) is 12.4. The molecule has 0 saturated heterocycles. The molecule has 1 heterocycles. The zero-order valence-electron chi connectivity index (χ0n) is 8.62. The normalized spacial score (nSPS) is 14.2. The lowest BCUT2D eigenvalue weighted by Gasteiger charge is -2.15. The van der Waals surface area contributed by atoms with Crippen LogP contribution < -0.4 is 0 Å². The first-order valence-electron chi connectivity index (χ1n) is 4.55. The summed E-state index contributed by atoms with van der Waals surface area (Å²) < 4.78 is 9.10. The topological polar surface area (TPSA) is 97.0 Å². The summed E-state index contributed by atoms with van der Waals surface area (Å²) in [6.45, 7) is 0. The Morgan fingerprint density at radius 3 is 2.88 bits per heavy atom. The van der Waals surface area contributed by atoms with Crippen LogP contribution in [-0.2, 0) is 9.53 Å². The van der Waals surface area contributed by atoms with Crippen molar-refractivity contribution in [3.63, 3.8) is 0 Å². The largest absolute Gasteiger partial charge is 0.469 e. The predicted molar refractivity (Wildman–Crippen MR) is 51.7 cm³/mol. The number of carbonyl (C=O) groups excluding carboxylic acids is 2. The van der Waals surface area contributed by atoms with Gasteiger partial charge < -0.3 is 19.4 Å². The van der Waals surface area contributed by atoms with Crippen molar-refractivity contribution in [1.29, 1.82) is 0 Å². The average molecular weight is 228 g/mol. The van der Waals surface area contributed by atoms with Gasteiger partial charge >= 0.3 is 5.97 Å². The van der Waals surface area contributed by atoms with Gasteiger partial charge in [0.1, 0.15) is 6.10 Å². The van der Waals surface area contributed by atoms with Gasteiger partial charge in [0.05, 0.1) is 25.9 Å². The molecule has 0 amide bonds. The van der Waals surface area contributed by atoms with E-state index in [9.17, 15) is 19.8 Å². The summed E-state index contributed by atoms with van der Waals surface area (Å²) >= 11 is 0. The fraction of sp³-hybridized carbons (Fsp3) is 0.400. The number of aliphatic hydroxyl groups is 2. The third-order valence-electron chi connectivity index (χ3n) is 2.12. The maximum atomic E-state index is 10.9. The van der Waals surface area contributed by atoms with Gasteiger partial charge in [-0.1, -0.05) is 0 Å². The molecule has 0 aliphatic heterocycles. The van der Waals surface area contributed by atoms with Crippen molar-refractivity contribution < 1.29 is 29.0 Å². The first-order chi connectivity index (χ1) is 7.60. The molecule has 0 aliphatic rings. The molecule has 0 fully saturated rings. The van der Waals surface area contributed by atoms with E-state index in [1.165, 1.54) is 19.4 Å². The summed E-state index contributed by atoms with van der Waals surface area (Å²) in [7, 11) is 1.18. The number of methoxy groups -OCH3 is 1. The van der Waals surface area contributed by atoms with Crippen molar-refractivity contribution in [3.8, 4) is 0 Å². The molecule has 88 valence electrons. The molecule has 16 heavy (non-hydrogen) atoms. The van der Waals surface area contributed by atoms with E-state index in [4.69, 9.17) is 4.42 Å². The van der Waals surface area contributed by atoms with Gasteiger partial charge in [0.25, 0.3) is 0 Å². The summed E-state index contributed by atoms with van der Waals surface area (Å²) in [6.07, 6.45) is -1.43. The minimum atomic E-state index is -1.36. The molecule has 6 heteroatoms. The molecule has 0 spiro atoms. The molecule has 0 bridgehead atoms. The summed E-state index contributed by atoms with van der Waals surface area (Å²) in [5.74, 6) is -0.723. The summed E-state index contributed by atoms with van der Waals surface area (Å²) in [4.78, 5) is 21.4. The Balaban J connectivity index is 2.73. The number of hydrogen-bond donors (Lipinski definition) is 2. The number of carbonyl (C=O) groups is 2. The Morgan fingerprint density at radius 1 is 1.62 bits per heavy atom. The Hall–Kier alpha value is -1.66. The van der Waals surface area contributed by atoms with Gasteiger partial charge in [-0.2, -0.15) is 0 Å². The Morgan fingerprint density at radius 2 is 2.31 bits per heavy atom. The highest BCUT2D eigenvalue weighted by Crippen LogP contribution is 2.22. The summed E-state index contributed by atoms with van der Waals surface area (Å²) in [5.41, 5.74) is 0.145. The smallest absolute Gasteiger partial charge is 0.308 e. The van der Waals surface area contributed by atoms with E-state index >= 15 is 0 Å². The second-order valence-corrected chi connectivity index (χ2v) is 3.15. The van der Waals surface area contributed by atoms with Crippen molar-refractivity contribution in [2.75, 3.05) is 7.11 Å². The molecule has 6 nitrogen and oxygen atoms in total. The first-order valence-corrected chi connectivity index (χ1v) is 4.55. The van der Waals surface area contributed by atoms with Gasteiger partial charge in [-0.25, -0.2) is 0 Å². The molecular formula is C10H12O6. The standard InChI is InChI=1S/C10H12O6/c1-15-9(13)4-7(12)10(14)6-2-3-16-8(6)5-11/h2-3,5,7,10,12,14H,4H2,1H3. The van der Waals surface area contributed by atoms with Gasteiger partial charge in [0, 0.05) is 5.56 Å². The zero-order chi connectivity index (χ0) is 12.1. The number of furan rings is 1. The number of ether oxygens (including phenoxy) is 1. The van der Waals surface area contributed by atoms with Crippen LogP contribution in [0.15, 0.2) is 16.7 Å². The maximum Gasteiger partial charge on any atom is 0.308 e. The van der Waals surface area contributed by atoms with E-state index in [1.807, 2.05) is 0 Å². The van der Waals surface area contributed by atoms with E-state index in [0.29, 0.717) is 6.29 Å². The van der Waals surface area contributed by atoms with E-state index < -0.39 is 18.2 Å². The van der Waals surface area contributed by atoms with Crippen molar-refractivity contribution in [1.82, 2.24) is 0 Å². The third-order valence-corrected chi connectivity index (χ3v) is 2.12. The SMILES string of the molecule is COC(=O)CC(O)C(O)c1ccoc1C=O. The van der Waals surface area contributed by atoms with Crippen LogP contribution >= 0.6 is 0 Å². The average Bonchev–Trinajstić information content (AvgIpc) is 2.75. The Kier molecular flexibility index (Phi) is 4.21. The van der Waals surface area contributed by atoms with Crippen LogP contribution in [0.5, 0.6) is 0 Å². The summed E-state index contributed by atoms with van der Waals surface area (Å²) in [5, 5.41) is 19.2. The molecule has 0 aliphatic carbocycles. The molecule has 2 atom stereocenters. The van der Waals surface area contributed by atoms with Crippen LogP contribution in [-0.4, -0.2) is 35.7 Å². The van der Waals surface area contributed by atoms with E-state index in [0.717, 1.165) is 0 Å². The molecule has 1 rings (SSSR count). The van der Waals surface area contributed by atoms with Gasteiger partial charge in [0.2, 0.25) is 0 Å². The van der Waals surface area contributed by atoms with Crippen LogP contribution in [0.3, 0.4) is 0 Å². The van der Waals surface area contributed by atoms with Crippen molar-refractivity contribution in [2.45, 2.75) is 18.6 Å². The summed E-state index contributed by atoms with van der Waals surface area (Å²) in [6, 6.07) is 1.36. The second kappa shape index (κ2) is 5.43. The second-order valence-electron chi connectivity index (χ2n) is 3.15. The minimum Gasteiger partial charge on any atom is -0.469 e. The van der Waals surface area contributed by atoms with Crippen LogP contribution in [0.2, 0.25) is 0 Å². The number of aliphatic hydroxyl groups excluding tert-OH is 2. The fourth-order valence-corrected chi connectivity index (χ4v) is 1.24. The van der Waals surface area contributed by atoms with Crippen molar-refractivity contribution in [2.24, 2.45) is 0 Å². The van der Waals surface area contributed by atoms with E-state index in [1.54, 1.807) is 0 Å². The van der Waals surface area contributed by atoms with Crippen LogP contribution in [0, 0.1) is 0 Å². The molecule has 1 aromatic rings. The zero-order valence-corrected chi connectivity index (χ0v) is 8.62. The highest BCUT2D eigenvalue weighted by Gasteiger charge is 2.25. The highest BCUT2D eigenvalue weighted by molar-refractivity contribution is 5.73. The Labute approximate surface area is 91.4 Å². The van der Waals surface area contributed by atoms with Gasteiger partial charge in [-0.3, -0.25) is 9.59 Å². The van der Waals surface area contributed by atoms with Crippen molar-refractivity contribution >= 4 is 12.3 Å². The predicted octanol–water partition coefficient (Wildman–Crippen LogP) is 0.0495. The molecule has 0 aromatic carbocycles. The molecular weight excluding hydrogens is 216 g/mol. The molecule has 0 radical (unpaired) electrons. The number of aldehydes is 1. The maximum absolute atomic E-state index is 10.9. The van der Waals surface area contributed by atoms with Crippen LogP contribution in [0.25, 0.3) is 0 Å². The van der Waals surface area contributed by atoms with Gasteiger partial charge in [0.15, 0.2) is 12.0 Å². The number of hydrogen-bond acceptors (Lipinski definition) is 6. The fourth-order valence-electron chi connectivity index (χ4n) is 1.24. The quantitative estimate of drug-likeness (QED) is 0.546. The van der Waals surface area contributed by atoms with Gasteiger partial charge in [-0.05, 0) is 6.07 Å². The number of esters is 1. The van der Waals surface area contributed by atoms with Crippen molar-refractivity contribution in [3.05, 3.63) is 23.7 Å². The number of rotatable bonds is 5. The lowest BCUT2D eigenvalue weighted by atomic mass is 10.0. The van der Waals surface area contributed by atoms with E-state index in [-0.39, 0.29) is 17.7 Å². The third kappa shape index (κ3) is 2.68. The van der Waals surface area contributed by atoms with E-state index in [2.05, 4.69) is 4.74 Å². The molecule has 2 N–H and O–H groups in total. The minimum absolute atomic E-state index is 0.0728. The highest BCUT2D eigenvalue weighted by atomic mass is 16.5. The Bertz CT molecular complexity index is 369. The van der Waals surface area contributed by atoms with Crippen LogP contribution in [0.4, 0.5) is 0 Å². The lowest BCUT2D eigenvalue weighted by molar-refractivity contribution is -0.144. The molecule has 1 aromatic heterocycles. The molecule has 2 unspecified atom stereocenters.